The van der Waals surface area contributed by atoms with Crippen molar-refractivity contribution in [3.63, 3.8) is 0 Å². The van der Waals surface area contributed by atoms with Crippen molar-refractivity contribution in [2.75, 3.05) is 13.6 Å². The summed E-state index contributed by atoms with van der Waals surface area (Å²) in [6.07, 6.45) is -0.830. The number of aliphatic carboxylic acids is 2. The lowest BCUT2D eigenvalue weighted by Crippen LogP contribution is -2.52. The van der Waals surface area contributed by atoms with E-state index in [1.54, 1.807) is 51.1 Å². The summed E-state index contributed by atoms with van der Waals surface area (Å²) < 4.78 is 5.11. The van der Waals surface area contributed by atoms with E-state index in [0.29, 0.717) is 5.56 Å². The zero-order chi connectivity index (χ0) is 21.5. The lowest BCUT2D eigenvalue weighted by atomic mass is 9.92. The summed E-state index contributed by atoms with van der Waals surface area (Å²) in [5, 5.41) is 21.1. The molecule has 28 heavy (non-hydrogen) atoms. The van der Waals surface area contributed by atoms with E-state index in [1.807, 2.05) is 0 Å². The number of ether oxygens (including phenoxy) is 1. The summed E-state index contributed by atoms with van der Waals surface area (Å²) in [5.74, 6) is -5.01. The van der Waals surface area contributed by atoms with Crippen molar-refractivity contribution in [3.8, 4) is 0 Å². The van der Waals surface area contributed by atoms with Crippen molar-refractivity contribution in [1.29, 1.82) is 0 Å². The van der Waals surface area contributed by atoms with Crippen LogP contribution < -0.4 is 5.32 Å². The van der Waals surface area contributed by atoms with E-state index in [9.17, 15) is 29.4 Å². The first kappa shape index (κ1) is 22.9. The van der Waals surface area contributed by atoms with Crippen molar-refractivity contribution >= 4 is 23.9 Å². The van der Waals surface area contributed by atoms with Gasteiger partial charge in [-0.1, -0.05) is 30.3 Å². The molecule has 0 saturated carbocycles. The molecule has 0 bridgehead atoms. The molecule has 0 heterocycles. The Labute approximate surface area is 163 Å². The van der Waals surface area contributed by atoms with Crippen molar-refractivity contribution in [3.05, 3.63) is 35.9 Å². The Morgan fingerprint density at radius 2 is 1.64 bits per heavy atom. The van der Waals surface area contributed by atoms with Crippen LogP contribution >= 0.6 is 0 Å². The lowest BCUT2D eigenvalue weighted by Gasteiger charge is -2.26. The third-order valence-corrected chi connectivity index (χ3v) is 3.69. The van der Waals surface area contributed by atoms with E-state index in [2.05, 4.69) is 5.32 Å². The zero-order valence-electron chi connectivity index (χ0n) is 16.3. The van der Waals surface area contributed by atoms with Crippen LogP contribution in [0, 0.1) is 5.92 Å². The second-order valence-corrected chi connectivity index (χ2v) is 7.35. The highest BCUT2D eigenvalue weighted by Crippen LogP contribution is 2.14. The first-order chi connectivity index (χ1) is 12.9. The molecule has 0 fully saturated rings. The molecule has 0 aromatic heterocycles. The molecule has 0 spiro atoms. The summed E-state index contributed by atoms with van der Waals surface area (Å²) in [7, 11) is 1.32. The maximum absolute atomic E-state index is 12.2. The number of likely N-dealkylation sites (N-methyl/N-ethyl adjacent to an activating group) is 1. The SMILES string of the molecule is CN(CC(=O)N[C@H](C(=O)O)C(Cc1ccccc1)C(=O)O)C(=O)OC(C)(C)C. The molecule has 154 valence electrons. The number of nitrogens with one attached hydrogen (secondary N) is 1. The second-order valence-electron chi connectivity index (χ2n) is 7.35. The fourth-order valence-corrected chi connectivity index (χ4v) is 2.39. The van der Waals surface area contributed by atoms with E-state index < -0.39 is 48.0 Å². The average molecular weight is 394 g/mol. The number of carboxylic acid groups (broad SMARTS) is 2. The summed E-state index contributed by atoms with van der Waals surface area (Å²) in [6.45, 7) is 4.53. The van der Waals surface area contributed by atoms with Gasteiger partial charge < -0.3 is 25.2 Å². The number of rotatable bonds is 8. The quantitative estimate of drug-likeness (QED) is 0.606. The standard InChI is InChI=1S/C19H26N2O7/c1-19(2,3)28-18(27)21(4)11-14(22)20-15(17(25)26)13(16(23)24)10-12-8-6-5-7-9-12/h5-9,13,15H,10-11H2,1-4H3,(H,20,22)(H,23,24)(H,25,26)/t13?,15-/m0/s1. The first-order valence-electron chi connectivity index (χ1n) is 8.63. The lowest BCUT2D eigenvalue weighted by molar-refractivity contribution is -0.152. The van der Waals surface area contributed by atoms with Gasteiger partial charge in [0.05, 0.1) is 5.92 Å². The number of benzene rings is 1. The smallest absolute Gasteiger partial charge is 0.410 e. The van der Waals surface area contributed by atoms with Gasteiger partial charge in [-0.2, -0.15) is 0 Å². The van der Waals surface area contributed by atoms with Gasteiger partial charge in [-0.25, -0.2) is 9.59 Å². The molecule has 1 aromatic carbocycles. The molecule has 3 N–H and O–H groups in total. The van der Waals surface area contributed by atoms with Crippen molar-refractivity contribution in [2.45, 2.75) is 38.8 Å². The van der Waals surface area contributed by atoms with Crippen LogP contribution in [0.5, 0.6) is 0 Å². The molecule has 0 aliphatic heterocycles. The Kier molecular flexibility index (Phi) is 7.97. The average Bonchev–Trinajstić information content (AvgIpc) is 2.56. The molecular weight excluding hydrogens is 368 g/mol. The van der Waals surface area contributed by atoms with E-state index in [1.165, 1.54) is 7.05 Å². The van der Waals surface area contributed by atoms with Gasteiger partial charge in [0, 0.05) is 7.05 Å². The third-order valence-electron chi connectivity index (χ3n) is 3.69. The topological polar surface area (TPSA) is 133 Å². The molecule has 1 aromatic rings. The van der Waals surface area contributed by atoms with Crippen LogP contribution in [0.4, 0.5) is 4.79 Å². The normalized spacial score (nSPS) is 13.1. The Balaban J connectivity index is 2.83. The van der Waals surface area contributed by atoms with Crippen LogP contribution in [0.3, 0.4) is 0 Å². The molecule has 2 atom stereocenters. The second kappa shape index (κ2) is 9.72. The number of nitrogens with zero attached hydrogens (tertiary/aromatic N) is 1. The van der Waals surface area contributed by atoms with E-state index in [0.717, 1.165) is 4.90 Å². The fraction of sp³-hybridized carbons (Fsp3) is 0.474. The van der Waals surface area contributed by atoms with E-state index >= 15 is 0 Å². The highest BCUT2D eigenvalue weighted by Gasteiger charge is 2.35. The van der Waals surface area contributed by atoms with Crippen LogP contribution in [0.15, 0.2) is 30.3 Å². The minimum atomic E-state index is -1.66. The van der Waals surface area contributed by atoms with E-state index in [4.69, 9.17) is 4.74 Å². The number of carboxylic acids is 2. The van der Waals surface area contributed by atoms with Crippen LogP contribution in [0.25, 0.3) is 0 Å². The molecule has 1 unspecified atom stereocenters. The fourth-order valence-electron chi connectivity index (χ4n) is 2.39. The van der Waals surface area contributed by atoms with Gasteiger partial charge in [0.15, 0.2) is 0 Å². The number of amides is 2. The maximum Gasteiger partial charge on any atom is 0.410 e. The minimum absolute atomic E-state index is 0.0741. The van der Waals surface area contributed by atoms with Gasteiger partial charge in [-0.15, -0.1) is 0 Å². The van der Waals surface area contributed by atoms with E-state index in [-0.39, 0.29) is 6.42 Å². The Morgan fingerprint density at radius 1 is 1.07 bits per heavy atom. The van der Waals surface area contributed by atoms with Crippen molar-refractivity contribution in [2.24, 2.45) is 5.92 Å². The van der Waals surface area contributed by atoms with Gasteiger partial charge in [0.2, 0.25) is 5.91 Å². The van der Waals surface area contributed by atoms with Crippen LogP contribution in [-0.2, 0) is 25.5 Å². The highest BCUT2D eigenvalue weighted by molar-refractivity contribution is 5.89. The summed E-state index contributed by atoms with van der Waals surface area (Å²) in [5.41, 5.74) is -0.128. The molecule has 0 aliphatic carbocycles. The first-order valence-corrected chi connectivity index (χ1v) is 8.63. The van der Waals surface area contributed by atoms with Crippen molar-refractivity contribution < 1.29 is 34.1 Å². The van der Waals surface area contributed by atoms with Crippen LogP contribution in [-0.4, -0.2) is 64.3 Å². The van der Waals surface area contributed by atoms with Gasteiger partial charge in [0.1, 0.15) is 18.2 Å². The van der Waals surface area contributed by atoms with Gasteiger partial charge in [-0.05, 0) is 32.8 Å². The monoisotopic (exact) mass is 394 g/mol. The number of carbonyl (C=O) groups is 4. The summed E-state index contributed by atoms with van der Waals surface area (Å²) in [6, 6.07) is 6.86. The van der Waals surface area contributed by atoms with Crippen molar-refractivity contribution in [1.82, 2.24) is 10.2 Å². The molecular formula is C19H26N2O7. The molecule has 0 aliphatic rings. The number of hydrogen-bond donors (Lipinski definition) is 3. The maximum atomic E-state index is 12.2. The Bertz CT molecular complexity index is 713. The molecule has 2 amide bonds. The van der Waals surface area contributed by atoms with Gasteiger partial charge >= 0.3 is 18.0 Å². The minimum Gasteiger partial charge on any atom is -0.481 e. The predicted molar refractivity (Wildman–Crippen MR) is 99.7 cm³/mol. The number of carbonyl (C=O) groups excluding carboxylic acids is 2. The highest BCUT2D eigenvalue weighted by atomic mass is 16.6. The molecule has 0 radical (unpaired) electrons. The zero-order valence-corrected chi connectivity index (χ0v) is 16.3. The molecule has 0 saturated heterocycles. The summed E-state index contributed by atoms with van der Waals surface area (Å²) in [4.78, 5) is 48.3. The Hall–Kier alpha value is -3.10. The van der Waals surface area contributed by atoms with Crippen LogP contribution in [0.1, 0.15) is 26.3 Å². The number of hydrogen-bond acceptors (Lipinski definition) is 5. The largest absolute Gasteiger partial charge is 0.481 e. The molecule has 1 rings (SSSR count). The predicted octanol–water partition coefficient (Wildman–Crippen LogP) is 1.37. The van der Waals surface area contributed by atoms with Crippen LogP contribution in [0.2, 0.25) is 0 Å². The third kappa shape index (κ3) is 7.65. The van der Waals surface area contributed by atoms with Gasteiger partial charge in [-0.3, -0.25) is 9.59 Å². The summed E-state index contributed by atoms with van der Waals surface area (Å²) >= 11 is 0. The molecule has 9 heteroatoms. The molecule has 9 nitrogen and oxygen atoms in total. The van der Waals surface area contributed by atoms with Gasteiger partial charge in [0.25, 0.3) is 0 Å². The Morgan fingerprint density at radius 3 is 2.11 bits per heavy atom.